The molecule has 35 heavy (non-hydrogen) atoms. The van der Waals surface area contributed by atoms with Gasteiger partial charge in [0.2, 0.25) is 11.8 Å². The highest BCUT2D eigenvalue weighted by Crippen LogP contribution is 2.38. The molecule has 2 aliphatic rings. The standard InChI is InChI=1S/C24H26BrClFN5O3/c1-3-17(33)31-9-6-13(7-10-31)32-22-15-11-16(26)18(25)19(27)20(15)28-23(21(22)29-24(32)34)35-12-14-5-4-8-30(14)2/h3,11,13-14H,1,4-10,12H2,2H3,(H,29,34)/t14-/m0/s1. The fourth-order valence-electron chi connectivity index (χ4n) is 5.19. The molecule has 1 amide bonds. The van der Waals surface area contributed by atoms with Gasteiger partial charge in [-0.3, -0.25) is 9.36 Å². The summed E-state index contributed by atoms with van der Waals surface area (Å²) in [6.45, 7) is 5.92. The summed E-state index contributed by atoms with van der Waals surface area (Å²) in [4.78, 5) is 36.6. The lowest BCUT2D eigenvalue weighted by molar-refractivity contribution is -0.127. The van der Waals surface area contributed by atoms with Crippen molar-refractivity contribution in [2.75, 3.05) is 33.3 Å². The van der Waals surface area contributed by atoms with Gasteiger partial charge in [-0.05, 0) is 67.3 Å². The highest BCUT2D eigenvalue weighted by Gasteiger charge is 2.29. The minimum atomic E-state index is -0.608. The van der Waals surface area contributed by atoms with Crippen molar-refractivity contribution < 1.29 is 13.9 Å². The van der Waals surface area contributed by atoms with E-state index in [9.17, 15) is 9.59 Å². The van der Waals surface area contributed by atoms with Crippen LogP contribution in [-0.4, -0.2) is 69.6 Å². The molecule has 1 aromatic carbocycles. The van der Waals surface area contributed by atoms with Crippen LogP contribution >= 0.6 is 27.5 Å². The number of likely N-dealkylation sites (N-methyl/N-ethyl adjacent to an activating group) is 1. The van der Waals surface area contributed by atoms with Crippen molar-refractivity contribution in [2.24, 2.45) is 0 Å². The fraction of sp³-hybridized carbons (Fsp3) is 0.458. The first kappa shape index (κ1) is 24.3. The minimum Gasteiger partial charge on any atom is -0.474 e. The third-order valence-corrected chi connectivity index (χ3v) is 8.45. The zero-order valence-electron chi connectivity index (χ0n) is 19.3. The summed E-state index contributed by atoms with van der Waals surface area (Å²) in [6, 6.07) is 1.66. The summed E-state index contributed by atoms with van der Waals surface area (Å²) in [5.74, 6) is -0.546. The Balaban J connectivity index is 1.63. The normalized spacial score (nSPS) is 19.7. The first-order chi connectivity index (χ1) is 16.8. The number of piperidine rings is 1. The molecule has 0 bridgehead atoms. The summed E-state index contributed by atoms with van der Waals surface area (Å²) < 4.78 is 23.2. The van der Waals surface area contributed by atoms with Crippen molar-refractivity contribution in [1.82, 2.24) is 24.3 Å². The van der Waals surface area contributed by atoms with Crippen molar-refractivity contribution in [2.45, 2.75) is 37.8 Å². The highest BCUT2D eigenvalue weighted by molar-refractivity contribution is 9.10. The third kappa shape index (κ3) is 4.25. The molecule has 3 aromatic rings. The number of ether oxygens (including phenoxy) is 1. The average Bonchev–Trinajstić information content (AvgIpc) is 3.43. The van der Waals surface area contributed by atoms with E-state index in [4.69, 9.17) is 16.3 Å². The van der Waals surface area contributed by atoms with E-state index in [-0.39, 0.29) is 44.6 Å². The van der Waals surface area contributed by atoms with Crippen molar-refractivity contribution >= 4 is 55.4 Å². The van der Waals surface area contributed by atoms with Crippen LogP contribution in [0, 0.1) is 5.82 Å². The van der Waals surface area contributed by atoms with E-state index in [1.165, 1.54) is 6.08 Å². The van der Waals surface area contributed by atoms with Gasteiger partial charge < -0.3 is 19.5 Å². The molecule has 0 radical (unpaired) electrons. The lowest BCUT2D eigenvalue weighted by Gasteiger charge is -2.32. The van der Waals surface area contributed by atoms with E-state index >= 15 is 4.39 Å². The quantitative estimate of drug-likeness (QED) is 0.369. The lowest BCUT2D eigenvalue weighted by atomic mass is 10.0. The Bertz CT molecular complexity index is 1380. The molecule has 186 valence electrons. The van der Waals surface area contributed by atoms with Crippen LogP contribution in [0.2, 0.25) is 5.02 Å². The molecule has 0 spiro atoms. The average molecular weight is 567 g/mol. The number of amides is 1. The SMILES string of the molecule is C=CC(=O)N1CCC(n2c(=O)[nH]c3c(OC[C@@H]4CCCN4C)nc4c(F)c(Br)c(Cl)cc4c32)CC1. The number of benzene rings is 1. The Morgan fingerprint density at radius 2 is 2.11 bits per heavy atom. The molecule has 0 unspecified atom stereocenters. The molecule has 0 aliphatic carbocycles. The van der Waals surface area contributed by atoms with Crippen LogP contribution in [0.5, 0.6) is 5.88 Å². The zero-order valence-corrected chi connectivity index (χ0v) is 21.7. The molecule has 1 atom stereocenters. The van der Waals surface area contributed by atoms with E-state index in [0.717, 1.165) is 19.4 Å². The Labute approximate surface area is 214 Å². The second-order valence-electron chi connectivity index (χ2n) is 9.17. The molecule has 2 aliphatic heterocycles. The lowest BCUT2D eigenvalue weighted by Crippen LogP contribution is -2.39. The van der Waals surface area contributed by atoms with Crippen LogP contribution in [0.3, 0.4) is 0 Å². The number of pyridine rings is 1. The highest BCUT2D eigenvalue weighted by atomic mass is 79.9. The molecular weight excluding hydrogens is 541 g/mol. The van der Waals surface area contributed by atoms with Crippen molar-refractivity contribution in [3.05, 3.63) is 44.5 Å². The van der Waals surface area contributed by atoms with Crippen LogP contribution in [-0.2, 0) is 4.79 Å². The van der Waals surface area contributed by atoms with Gasteiger partial charge in [0.1, 0.15) is 17.6 Å². The van der Waals surface area contributed by atoms with Gasteiger partial charge in [0.05, 0.1) is 15.0 Å². The summed E-state index contributed by atoms with van der Waals surface area (Å²) in [5.41, 5.74) is 0.683. The summed E-state index contributed by atoms with van der Waals surface area (Å²) in [5, 5.41) is 0.616. The van der Waals surface area contributed by atoms with Crippen LogP contribution in [0.25, 0.3) is 21.9 Å². The number of likely N-dealkylation sites (tertiary alicyclic amines) is 2. The maximum Gasteiger partial charge on any atom is 0.326 e. The molecule has 0 saturated carbocycles. The van der Waals surface area contributed by atoms with Gasteiger partial charge >= 0.3 is 5.69 Å². The predicted molar refractivity (Wildman–Crippen MR) is 137 cm³/mol. The molecule has 5 rings (SSSR count). The first-order valence-electron chi connectivity index (χ1n) is 11.7. The molecule has 1 N–H and O–H groups in total. The van der Waals surface area contributed by atoms with Gasteiger partial charge in [-0.2, -0.15) is 0 Å². The molecule has 2 aromatic heterocycles. The van der Waals surface area contributed by atoms with Gasteiger partial charge in [0.25, 0.3) is 0 Å². The fourth-order valence-corrected chi connectivity index (χ4v) is 5.69. The molecule has 2 saturated heterocycles. The number of carbonyl (C=O) groups is 1. The largest absolute Gasteiger partial charge is 0.474 e. The summed E-state index contributed by atoms with van der Waals surface area (Å²) in [7, 11) is 2.05. The van der Waals surface area contributed by atoms with E-state index in [2.05, 4.69) is 37.4 Å². The number of hydrogen-bond acceptors (Lipinski definition) is 5. The van der Waals surface area contributed by atoms with Crippen molar-refractivity contribution in [3.8, 4) is 5.88 Å². The van der Waals surface area contributed by atoms with Crippen molar-refractivity contribution in [3.63, 3.8) is 0 Å². The number of fused-ring (bicyclic) bond motifs is 3. The van der Waals surface area contributed by atoms with E-state index in [0.29, 0.717) is 49.0 Å². The Morgan fingerprint density at radius 1 is 1.37 bits per heavy atom. The summed E-state index contributed by atoms with van der Waals surface area (Å²) >= 11 is 9.51. The Kier molecular flexibility index (Phi) is 6.63. The molecule has 2 fully saturated rings. The van der Waals surface area contributed by atoms with Crippen LogP contribution in [0.15, 0.2) is 28.0 Å². The number of aromatic nitrogens is 3. The number of halogens is 3. The number of aromatic amines is 1. The second kappa shape index (κ2) is 9.55. The topological polar surface area (TPSA) is 83.5 Å². The number of hydrogen-bond donors (Lipinski definition) is 1. The Hall–Kier alpha value is -2.43. The number of nitrogens with zero attached hydrogens (tertiary/aromatic N) is 4. The number of nitrogens with one attached hydrogen (secondary N) is 1. The molecule has 8 nitrogen and oxygen atoms in total. The summed E-state index contributed by atoms with van der Waals surface area (Å²) in [6.07, 6.45) is 4.54. The van der Waals surface area contributed by atoms with Crippen LogP contribution in [0.1, 0.15) is 31.7 Å². The first-order valence-corrected chi connectivity index (χ1v) is 12.8. The number of rotatable bonds is 5. The van der Waals surface area contributed by atoms with Gasteiger partial charge in [-0.1, -0.05) is 18.2 Å². The van der Waals surface area contributed by atoms with E-state index < -0.39 is 5.82 Å². The molecule has 11 heteroatoms. The molecular formula is C24H26BrClFN5O3. The van der Waals surface area contributed by atoms with Gasteiger partial charge in [-0.25, -0.2) is 14.2 Å². The zero-order chi connectivity index (χ0) is 24.9. The maximum atomic E-state index is 15.3. The number of carbonyl (C=O) groups excluding carboxylic acids is 1. The second-order valence-corrected chi connectivity index (χ2v) is 10.4. The maximum absolute atomic E-state index is 15.3. The van der Waals surface area contributed by atoms with E-state index in [1.54, 1.807) is 15.5 Å². The van der Waals surface area contributed by atoms with Crippen LogP contribution < -0.4 is 10.4 Å². The van der Waals surface area contributed by atoms with Gasteiger partial charge in [0, 0.05) is 30.6 Å². The molecule has 4 heterocycles. The minimum absolute atomic E-state index is 0.0792. The smallest absolute Gasteiger partial charge is 0.326 e. The predicted octanol–water partition coefficient (Wildman–Crippen LogP) is 4.26. The Morgan fingerprint density at radius 3 is 2.77 bits per heavy atom. The van der Waals surface area contributed by atoms with Crippen LogP contribution in [0.4, 0.5) is 4.39 Å². The van der Waals surface area contributed by atoms with E-state index in [1.807, 2.05) is 7.05 Å². The number of imidazole rings is 1. The van der Waals surface area contributed by atoms with Gasteiger partial charge in [0.15, 0.2) is 5.82 Å². The third-order valence-electron chi connectivity index (χ3n) is 7.15. The number of H-pyrrole nitrogens is 1. The van der Waals surface area contributed by atoms with Gasteiger partial charge in [-0.15, -0.1) is 0 Å². The van der Waals surface area contributed by atoms with Crippen molar-refractivity contribution in [1.29, 1.82) is 0 Å². The monoisotopic (exact) mass is 565 g/mol.